The Morgan fingerprint density at radius 3 is 2.95 bits per heavy atom. The van der Waals surface area contributed by atoms with Crippen LogP contribution >= 0.6 is 0 Å². The summed E-state index contributed by atoms with van der Waals surface area (Å²) in [5.41, 5.74) is 0.938. The Balaban J connectivity index is 2.14. The largest absolute Gasteiger partial charge is 0.356 e. The summed E-state index contributed by atoms with van der Waals surface area (Å²) in [5, 5.41) is 14.3. The second-order valence-electron chi connectivity index (χ2n) is 5.75. The van der Waals surface area contributed by atoms with E-state index in [0.29, 0.717) is 5.92 Å². The molecule has 2 heterocycles. The van der Waals surface area contributed by atoms with E-state index in [2.05, 4.69) is 22.1 Å². The Morgan fingerprint density at radius 1 is 1.57 bits per heavy atom. The monoisotopic (exact) mass is 292 g/mol. The lowest BCUT2D eigenvalue weighted by atomic mass is 9.99. The van der Waals surface area contributed by atoms with Gasteiger partial charge in [0, 0.05) is 19.2 Å². The number of anilines is 1. The van der Waals surface area contributed by atoms with Crippen LogP contribution in [0.25, 0.3) is 0 Å². The molecule has 1 atom stereocenters. The molecule has 6 nitrogen and oxygen atoms in total. The average Bonchev–Trinajstić information content (AvgIpc) is 2.48. The van der Waals surface area contributed by atoms with E-state index in [9.17, 15) is 10.1 Å². The molecule has 1 aromatic rings. The molecule has 1 fully saturated rings. The quantitative estimate of drug-likeness (QED) is 0.644. The molecule has 0 spiro atoms. The van der Waals surface area contributed by atoms with Gasteiger partial charge in [-0.15, -0.1) is 0 Å². The molecule has 1 unspecified atom stereocenters. The third kappa shape index (κ3) is 4.14. The molecule has 1 aliphatic heterocycles. The summed E-state index contributed by atoms with van der Waals surface area (Å²) in [6.45, 7) is 8.10. The number of pyridine rings is 1. The fourth-order valence-electron chi connectivity index (χ4n) is 2.93. The van der Waals surface area contributed by atoms with Crippen molar-refractivity contribution in [2.75, 3.05) is 31.1 Å². The lowest BCUT2D eigenvalue weighted by Crippen LogP contribution is -2.39. The summed E-state index contributed by atoms with van der Waals surface area (Å²) in [4.78, 5) is 17.1. The lowest BCUT2D eigenvalue weighted by molar-refractivity contribution is -0.385. The number of aryl methyl sites for hydroxylation is 1. The Labute approximate surface area is 125 Å². The number of hydrogen-bond acceptors (Lipinski definition) is 5. The van der Waals surface area contributed by atoms with Gasteiger partial charge in [-0.1, -0.05) is 6.92 Å². The summed E-state index contributed by atoms with van der Waals surface area (Å²) in [6.07, 6.45) is 4.86. The highest BCUT2D eigenvalue weighted by Crippen LogP contribution is 2.24. The highest BCUT2D eigenvalue weighted by Gasteiger charge is 2.20. The van der Waals surface area contributed by atoms with Crippen LogP contribution in [0.2, 0.25) is 0 Å². The Bertz CT molecular complexity index is 487. The van der Waals surface area contributed by atoms with E-state index >= 15 is 0 Å². The van der Waals surface area contributed by atoms with Crippen LogP contribution in [0.3, 0.4) is 0 Å². The van der Waals surface area contributed by atoms with Crippen molar-refractivity contribution in [1.29, 1.82) is 0 Å². The van der Waals surface area contributed by atoms with Gasteiger partial charge in [0.25, 0.3) is 5.69 Å². The van der Waals surface area contributed by atoms with Crippen molar-refractivity contribution in [3.63, 3.8) is 0 Å². The molecular formula is C15H24N4O2. The predicted octanol–water partition coefficient (Wildman–Crippen LogP) is 2.51. The van der Waals surface area contributed by atoms with E-state index < -0.39 is 0 Å². The minimum absolute atomic E-state index is 0.0621. The van der Waals surface area contributed by atoms with Crippen LogP contribution in [0.15, 0.2) is 12.3 Å². The molecule has 1 aliphatic rings. The number of hydrogen-bond donors (Lipinski definition) is 1. The van der Waals surface area contributed by atoms with Crippen LogP contribution in [0, 0.1) is 23.0 Å². The first-order valence-corrected chi connectivity index (χ1v) is 7.68. The van der Waals surface area contributed by atoms with Crippen molar-refractivity contribution in [1.82, 2.24) is 10.3 Å². The van der Waals surface area contributed by atoms with Crippen LogP contribution in [0.1, 0.15) is 31.7 Å². The standard InChI is InChI=1S/C15H24N4O2/c1-3-7-18(11-13-5-4-6-16-9-13)15-12(2)8-14(10-17-15)19(20)21/h8,10,13,16H,3-7,9,11H2,1-2H3. The highest BCUT2D eigenvalue weighted by molar-refractivity contribution is 5.50. The molecule has 0 saturated carbocycles. The Morgan fingerprint density at radius 2 is 2.38 bits per heavy atom. The highest BCUT2D eigenvalue weighted by atomic mass is 16.6. The van der Waals surface area contributed by atoms with Gasteiger partial charge in [0.2, 0.25) is 0 Å². The second kappa shape index (κ2) is 7.36. The first kappa shape index (κ1) is 15.7. The molecule has 0 bridgehead atoms. The molecule has 0 radical (unpaired) electrons. The van der Waals surface area contributed by atoms with Crippen molar-refractivity contribution < 1.29 is 4.92 Å². The van der Waals surface area contributed by atoms with Crippen molar-refractivity contribution in [2.45, 2.75) is 33.1 Å². The SMILES string of the molecule is CCCN(CC1CCCNC1)c1ncc([N+](=O)[O-])cc1C. The zero-order valence-electron chi connectivity index (χ0n) is 12.8. The fraction of sp³-hybridized carbons (Fsp3) is 0.667. The number of aromatic nitrogens is 1. The molecule has 1 aromatic heterocycles. The Hall–Kier alpha value is -1.69. The summed E-state index contributed by atoms with van der Waals surface area (Å²) in [6, 6.07) is 1.62. The van der Waals surface area contributed by atoms with Crippen molar-refractivity contribution in [2.24, 2.45) is 5.92 Å². The zero-order chi connectivity index (χ0) is 15.2. The summed E-state index contributed by atoms with van der Waals surface area (Å²) in [5.74, 6) is 1.51. The first-order valence-electron chi connectivity index (χ1n) is 7.68. The number of nitro groups is 1. The number of nitrogens with zero attached hydrogens (tertiary/aromatic N) is 3. The third-order valence-electron chi connectivity index (χ3n) is 3.92. The van der Waals surface area contributed by atoms with Gasteiger partial charge in [0.1, 0.15) is 12.0 Å². The van der Waals surface area contributed by atoms with E-state index in [1.54, 1.807) is 6.07 Å². The number of piperidine rings is 1. The van der Waals surface area contributed by atoms with E-state index in [1.165, 1.54) is 19.0 Å². The maximum Gasteiger partial charge on any atom is 0.287 e. The molecular weight excluding hydrogens is 268 g/mol. The molecule has 6 heteroatoms. The van der Waals surface area contributed by atoms with Crippen LogP contribution in [0.5, 0.6) is 0 Å². The summed E-state index contributed by atoms with van der Waals surface area (Å²) in [7, 11) is 0. The summed E-state index contributed by atoms with van der Waals surface area (Å²) < 4.78 is 0. The van der Waals surface area contributed by atoms with Gasteiger partial charge in [-0.05, 0) is 50.8 Å². The molecule has 0 amide bonds. The van der Waals surface area contributed by atoms with Gasteiger partial charge in [0.15, 0.2) is 0 Å². The second-order valence-corrected chi connectivity index (χ2v) is 5.75. The van der Waals surface area contributed by atoms with Crippen LogP contribution < -0.4 is 10.2 Å². The van der Waals surface area contributed by atoms with Gasteiger partial charge in [-0.2, -0.15) is 0 Å². The van der Waals surface area contributed by atoms with Gasteiger partial charge >= 0.3 is 0 Å². The maximum atomic E-state index is 10.8. The van der Waals surface area contributed by atoms with Gasteiger partial charge in [0.05, 0.1) is 4.92 Å². The van der Waals surface area contributed by atoms with E-state index in [-0.39, 0.29) is 10.6 Å². The number of rotatable bonds is 6. The molecule has 116 valence electrons. The molecule has 1 N–H and O–H groups in total. The van der Waals surface area contributed by atoms with Gasteiger partial charge in [-0.25, -0.2) is 4.98 Å². The van der Waals surface area contributed by atoms with Crippen LogP contribution in [-0.2, 0) is 0 Å². The topological polar surface area (TPSA) is 71.3 Å². The van der Waals surface area contributed by atoms with Crippen molar-refractivity contribution >= 4 is 11.5 Å². The minimum Gasteiger partial charge on any atom is -0.356 e. The predicted molar refractivity (Wildman–Crippen MR) is 83.7 cm³/mol. The van der Waals surface area contributed by atoms with Crippen molar-refractivity contribution in [3.8, 4) is 0 Å². The van der Waals surface area contributed by atoms with E-state index in [4.69, 9.17) is 0 Å². The molecule has 0 aliphatic carbocycles. The molecule has 2 rings (SSSR count). The first-order chi connectivity index (χ1) is 10.1. The van der Waals surface area contributed by atoms with Gasteiger partial charge < -0.3 is 10.2 Å². The smallest absolute Gasteiger partial charge is 0.287 e. The normalized spacial score (nSPS) is 18.5. The third-order valence-corrected chi connectivity index (χ3v) is 3.92. The average molecular weight is 292 g/mol. The van der Waals surface area contributed by atoms with Crippen LogP contribution in [0.4, 0.5) is 11.5 Å². The maximum absolute atomic E-state index is 10.8. The minimum atomic E-state index is -0.390. The molecule has 21 heavy (non-hydrogen) atoms. The van der Waals surface area contributed by atoms with E-state index in [1.807, 2.05) is 6.92 Å². The van der Waals surface area contributed by atoms with Crippen LogP contribution in [-0.4, -0.2) is 36.1 Å². The zero-order valence-corrected chi connectivity index (χ0v) is 12.8. The fourth-order valence-corrected chi connectivity index (χ4v) is 2.93. The molecule has 0 aromatic carbocycles. The molecule has 1 saturated heterocycles. The van der Waals surface area contributed by atoms with Gasteiger partial charge in [-0.3, -0.25) is 10.1 Å². The lowest BCUT2D eigenvalue weighted by Gasteiger charge is -2.31. The Kier molecular flexibility index (Phi) is 5.50. The number of nitrogens with one attached hydrogen (secondary N) is 1. The van der Waals surface area contributed by atoms with E-state index in [0.717, 1.165) is 44.0 Å². The van der Waals surface area contributed by atoms with Crippen molar-refractivity contribution in [3.05, 3.63) is 27.9 Å². The summed E-state index contributed by atoms with van der Waals surface area (Å²) >= 11 is 0.